The normalized spacial score (nSPS) is 18.0. The van der Waals surface area contributed by atoms with Crippen molar-refractivity contribution in [2.75, 3.05) is 6.54 Å². The molecule has 2 saturated carbocycles. The molecule has 0 bridgehead atoms. The Kier molecular flexibility index (Phi) is 3.11. The molecule has 1 amide bonds. The predicted molar refractivity (Wildman–Crippen MR) is 83.5 cm³/mol. The minimum Gasteiger partial charge on any atom is -0.335 e. The molecule has 0 radical (unpaired) electrons. The maximum absolute atomic E-state index is 13.0. The van der Waals surface area contributed by atoms with E-state index < -0.39 is 0 Å². The average Bonchev–Trinajstić information content (AvgIpc) is 3.36. The molecule has 3 nitrogen and oxygen atoms in total. The second kappa shape index (κ2) is 4.99. The third-order valence-electron chi connectivity index (χ3n) is 4.32. The van der Waals surface area contributed by atoms with Crippen LogP contribution in [-0.4, -0.2) is 28.4 Å². The zero-order valence-corrected chi connectivity index (χ0v) is 12.5. The summed E-state index contributed by atoms with van der Waals surface area (Å²) < 4.78 is 0. The van der Waals surface area contributed by atoms with Crippen molar-refractivity contribution in [2.24, 2.45) is 5.92 Å². The third kappa shape index (κ3) is 2.62. The molecule has 0 aliphatic heterocycles. The van der Waals surface area contributed by atoms with Crippen LogP contribution in [-0.2, 0) is 0 Å². The number of aromatic nitrogens is 1. The number of halogens is 1. The van der Waals surface area contributed by atoms with Crippen LogP contribution in [0.4, 0.5) is 0 Å². The Morgan fingerprint density at radius 3 is 2.71 bits per heavy atom. The highest BCUT2D eigenvalue weighted by Crippen LogP contribution is 2.36. The Balaban J connectivity index is 1.75. The number of nitrogens with zero attached hydrogens (tertiary/aromatic N) is 2. The summed E-state index contributed by atoms with van der Waals surface area (Å²) in [5.41, 5.74) is 1.48. The van der Waals surface area contributed by atoms with E-state index in [9.17, 15) is 4.79 Å². The van der Waals surface area contributed by atoms with Gasteiger partial charge in [-0.15, -0.1) is 0 Å². The maximum atomic E-state index is 13.0. The van der Waals surface area contributed by atoms with Crippen molar-refractivity contribution in [1.29, 1.82) is 0 Å². The Morgan fingerprint density at radius 2 is 2.00 bits per heavy atom. The van der Waals surface area contributed by atoms with Crippen LogP contribution in [0.5, 0.6) is 0 Å². The number of para-hydroxylation sites is 1. The van der Waals surface area contributed by atoms with Gasteiger partial charge in [0.2, 0.25) is 0 Å². The molecule has 1 aromatic heterocycles. The fourth-order valence-corrected chi connectivity index (χ4v) is 3.04. The number of hydrogen-bond donors (Lipinski definition) is 0. The van der Waals surface area contributed by atoms with Crippen molar-refractivity contribution in [3.63, 3.8) is 0 Å². The van der Waals surface area contributed by atoms with Crippen LogP contribution in [0, 0.1) is 5.92 Å². The molecule has 21 heavy (non-hydrogen) atoms. The SMILES string of the molecule is O=C(c1cc(Cl)nc2ccccc12)N(CC1CC1)C1CC1. The highest BCUT2D eigenvalue weighted by atomic mass is 35.5. The summed E-state index contributed by atoms with van der Waals surface area (Å²) in [5.74, 6) is 0.822. The van der Waals surface area contributed by atoms with Crippen molar-refractivity contribution in [3.05, 3.63) is 41.0 Å². The van der Waals surface area contributed by atoms with Crippen molar-refractivity contribution in [2.45, 2.75) is 31.7 Å². The van der Waals surface area contributed by atoms with Crippen molar-refractivity contribution in [3.8, 4) is 0 Å². The molecule has 0 atom stereocenters. The molecule has 2 aliphatic carbocycles. The Labute approximate surface area is 128 Å². The molecule has 0 N–H and O–H groups in total. The summed E-state index contributed by atoms with van der Waals surface area (Å²) in [6.45, 7) is 0.901. The summed E-state index contributed by atoms with van der Waals surface area (Å²) in [5, 5.41) is 1.28. The Hall–Kier alpha value is -1.61. The lowest BCUT2D eigenvalue weighted by molar-refractivity contribution is 0.0736. The number of amides is 1. The van der Waals surface area contributed by atoms with E-state index in [4.69, 9.17) is 11.6 Å². The predicted octanol–water partition coefficient (Wildman–Crippen LogP) is 3.90. The van der Waals surface area contributed by atoms with Gasteiger partial charge in [-0.2, -0.15) is 0 Å². The Morgan fingerprint density at radius 1 is 1.24 bits per heavy atom. The monoisotopic (exact) mass is 300 g/mol. The van der Waals surface area contributed by atoms with E-state index in [0.29, 0.717) is 22.7 Å². The number of fused-ring (bicyclic) bond motifs is 1. The molecular formula is C17H17ClN2O. The molecular weight excluding hydrogens is 284 g/mol. The first-order valence-corrected chi connectivity index (χ1v) is 7.96. The molecule has 1 heterocycles. The van der Waals surface area contributed by atoms with Crippen LogP contribution >= 0.6 is 11.6 Å². The third-order valence-corrected chi connectivity index (χ3v) is 4.51. The van der Waals surface area contributed by atoms with Crippen LogP contribution in [0.25, 0.3) is 10.9 Å². The maximum Gasteiger partial charge on any atom is 0.254 e. The number of carbonyl (C=O) groups excluding carboxylic acids is 1. The quantitative estimate of drug-likeness (QED) is 0.802. The fraction of sp³-hybridized carbons (Fsp3) is 0.412. The van der Waals surface area contributed by atoms with Crippen LogP contribution in [0.3, 0.4) is 0 Å². The highest BCUT2D eigenvalue weighted by molar-refractivity contribution is 6.30. The summed E-state index contributed by atoms with van der Waals surface area (Å²) in [6, 6.07) is 9.87. The van der Waals surface area contributed by atoms with Gasteiger partial charge in [0, 0.05) is 18.0 Å². The molecule has 0 unspecified atom stereocenters. The first kappa shape index (κ1) is 13.1. The zero-order chi connectivity index (χ0) is 14.4. The summed E-state index contributed by atoms with van der Waals surface area (Å²) >= 11 is 6.10. The topological polar surface area (TPSA) is 33.2 Å². The molecule has 1 aromatic carbocycles. The van der Waals surface area contributed by atoms with Crippen LogP contribution in [0.2, 0.25) is 5.15 Å². The van der Waals surface area contributed by atoms with Crippen molar-refractivity contribution >= 4 is 28.4 Å². The number of carbonyl (C=O) groups is 1. The van der Waals surface area contributed by atoms with Gasteiger partial charge in [-0.3, -0.25) is 4.79 Å². The summed E-state index contributed by atoms with van der Waals surface area (Å²) in [6.07, 6.45) is 4.78. The fourth-order valence-electron chi connectivity index (χ4n) is 2.84. The van der Waals surface area contributed by atoms with Crippen LogP contribution in [0.1, 0.15) is 36.0 Å². The lowest BCUT2D eigenvalue weighted by Gasteiger charge is -2.23. The standard InChI is InChI=1S/C17H17ClN2O/c18-16-9-14(13-3-1-2-4-15(13)19-16)17(21)20(12-7-8-12)10-11-5-6-11/h1-4,9,11-12H,5-8,10H2. The molecule has 0 spiro atoms. The van der Waals surface area contributed by atoms with E-state index in [1.54, 1.807) is 6.07 Å². The second-order valence-corrected chi connectivity index (χ2v) is 6.53. The zero-order valence-electron chi connectivity index (χ0n) is 11.8. The summed E-state index contributed by atoms with van der Waals surface area (Å²) in [4.78, 5) is 19.4. The van der Waals surface area contributed by atoms with Gasteiger partial charge in [0.1, 0.15) is 5.15 Å². The molecule has 4 rings (SSSR count). The van der Waals surface area contributed by atoms with Gasteiger partial charge in [0.15, 0.2) is 0 Å². The number of rotatable bonds is 4. The van der Waals surface area contributed by atoms with Crippen LogP contribution in [0.15, 0.2) is 30.3 Å². The molecule has 0 saturated heterocycles. The van der Waals surface area contributed by atoms with Gasteiger partial charge in [0.25, 0.3) is 5.91 Å². The number of benzene rings is 1. The molecule has 4 heteroatoms. The van der Waals surface area contributed by atoms with Crippen molar-refractivity contribution in [1.82, 2.24) is 9.88 Å². The lowest BCUT2D eigenvalue weighted by Crippen LogP contribution is -2.35. The van der Waals surface area contributed by atoms with E-state index >= 15 is 0 Å². The average molecular weight is 301 g/mol. The van der Waals surface area contributed by atoms with Gasteiger partial charge < -0.3 is 4.90 Å². The first-order valence-electron chi connectivity index (χ1n) is 7.58. The molecule has 2 aromatic rings. The molecule has 2 aliphatic rings. The van der Waals surface area contributed by atoms with E-state index in [1.807, 2.05) is 24.3 Å². The number of hydrogen-bond acceptors (Lipinski definition) is 2. The van der Waals surface area contributed by atoms with Gasteiger partial charge in [-0.25, -0.2) is 4.98 Å². The number of pyridine rings is 1. The van der Waals surface area contributed by atoms with Crippen molar-refractivity contribution < 1.29 is 4.79 Å². The minimum absolute atomic E-state index is 0.116. The molecule has 108 valence electrons. The Bertz CT molecular complexity index is 707. The summed E-state index contributed by atoms with van der Waals surface area (Å²) in [7, 11) is 0. The second-order valence-electron chi connectivity index (χ2n) is 6.14. The largest absolute Gasteiger partial charge is 0.335 e. The van der Waals surface area contributed by atoms with E-state index in [0.717, 1.165) is 30.3 Å². The smallest absolute Gasteiger partial charge is 0.254 e. The lowest BCUT2D eigenvalue weighted by atomic mass is 10.1. The van der Waals surface area contributed by atoms with E-state index in [1.165, 1.54) is 12.8 Å². The molecule has 2 fully saturated rings. The first-order chi connectivity index (χ1) is 10.2. The highest BCUT2D eigenvalue weighted by Gasteiger charge is 2.37. The van der Waals surface area contributed by atoms with Gasteiger partial charge >= 0.3 is 0 Å². The van der Waals surface area contributed by atoms with Gasteiger partial charge in [-0.1, -0.05) is 29.8 Å². The minimum atomic E-state index is 0.116. The van der Waals surface area contributed by atoms with Gasteiger partial charge in [0.05, 0.1) is 11.1 Å². The van der Waals surface area contributed by atoms with Gasteiger partial charge in [-0.05, 0) is 43.7 Å². The van der Waals surface area contributed by atoms with E-state index in [2.05, 4.69) is 9.88 Å². The van der Waals surface area contributed by atoms with E-state index in [-0.39, 0.29) is 5.91 Å². The van der Waals surface area contributed by atoms with Crippen LogP contribution < -0.4 is 0 Å².